The topological polar surface area (TPSA) is 0 Å². The Morgan fingerprint density at radius 3 is 1.88 bits per heavy atom. The van der Waals surface area contributed by atoms with Crippen LogP contribution in [-0.4, -0.2) is 0 Å². The van der Waals surface area contributed by atoms with Gasteiger partial charge in [-0.3, -0.25) is 0 Å². The van der Waals surface area contributed by atoms with Crippen LogP contribution in [0.3, 0.4) is 0 Å². The second-order valence-electron chi connectivity index (χ2n) is 6.82. The van der Waals surface area contributed by atoms with Gasteiger partial charge in [0.05, 0.1) is 0 Å². The zero-order chi connectivity index (χ0) is 16.0. The molecule has 0 bridgehead atoms. The SMILES string of the molecule is C=c1cc2c(cc1=C)-c1cc3cccc4ccc5ccc-2c1c5c43. The van der Waals surface area contributed by atoms with Gasteiger partial charge in [0, 0.05) is 0 Å². The second-order valence-corrected chi connectivity index (χ2v) is 6.82. The van der Waals surface area contributed by atoms with E-state index in [-0.39, 0.29) is 0 Å². The van der Waals surface area contributed by atoms with Gasteiger partial charge in [0.25, 0.3) is 0 Å². The summed E-state index contributed by atoms with van der Waals surface area (Å²) in [5.41, 5.74) is 5.25. The van der Waals surface area contributed by atoms with Crippen molar-refractivity contribution in [1.29, 1.82) is 0 Å². The number of hydrogen-bond acceptors (Lipinski definition) is 0. The normalized spacial score (nSPS) is 12.5. The molecule has 0 amide bonds. The standard InChI is InChI=1S/C24H14/c1-13-10-19-18-9-8-16-7-6-15-4-3-5-17-12-21(20(19)11-14(13)2)24(18)23(16)22(15)17/h3-12H,1-2H2. The fraction of sp³-hybridized carbons (Fsp3) is 0. The van der Waals surface area contributed by atoms with Crippen LogP contribution in [-0.2, 0) is 0 Å². The number of benzene rings is 5. The van der Waals surface area contributed by atoms with E-state index >= 15 is 0 Å². The molecule has 5 aromatic carbocycles. The Labute approximate surface area is 139 Å². The lowest BCUT2D eigenvalue weighted by molar-refractivity contribution is 1.55. The third-order valence-corrected chi connectivity index (χ3v) is 5.55. The van der Waals surface area contributed by atoms with Crippen molar-refractivity contribution < 1.29 is 0 Å². The van der Waals surface area contributed by atoms with Gasteiger partial charge in [-0.1, -0.05) is 55.6 Å². The summed E-state index contributed by atoms with van der Waals surface area (Å²) < 4.78 is 0. The van der Waals surface area contributed by atoms with E-state index in [1.807, 2.05) is 0 Å². The number of hydrogen-bond donors (Lipinski definition) is 0. The molecule has 0 N–H and O–H groups in total. The first-order valence-electron chi connectivity index (χ1n) is 8.25. The Morgan fingerprint density at radius 2 is 1.08 bits per heavy atom. The van der Waals surface area contributed by atoms with Gasteiger partial charge in [0.2, 0.25) is 0 Å². The number of fused-ring (bicyclic) bond motifs is 3. The van der Waals surface area contributed by atoms with Crippen molar-refractivity contribution in [2.45, 2.75) is 0 Å². The summed E-state index contributed by atoms with van der Waals surface area (Å²) in [6, 6.07) is 22.3. The van der Waals surface area contributed by atoms with Gasteiger partial charge >= 0.3 is 0 Å². The van der Waals surface area contributed by atoms with E-state index in [0.717, 1.165) is 10.4 Å². The van der Waals surface area contributed by atoms with Crippen LogP contribution in [0.2, 0.25) is 0 Å². The summed E-state index contributed by atoms with van der Waals surface area (Å²) in [6.07, 6.45) is 0. The van der Waals surface area contributed by atoms with Crippen LogP contribution in [0.4, 0.5) is 0 Å². The van der Waals surface area contributed by atoms with Crippen molar-refractivity contribution in [3.05, 3.63) is 71.1 Å². The monoisotopic (exact) mass is 302 g/mol. The van der Waals surface area contributed by atoms with E-state index in [0.29, 0.717) is 0 Å². The Morgan fingerprint density at radius 1 is 0.458 bits per heavy atom. The molecule has 0 aromatic heterocycles. The van der Waals surface area contributed by atoms with Crippen LogP contribution in [0.25, 0.3) is 67.7 Å². The molecule has 0 heteroatoms. The largest absolute Gasteiger partial charge is 0.0912 e. The zero-order valence-electron chi connectivity index (χ0n) is 13.2. The molecule has 0 aliphatic heterocycles. The van der Waals surface area contributed by atoms with Gasteiger partial charge in [-0.15, -0.1) is 0 Å². The molecule has 0 spiro atoms. The van der Waals surface area contributed by atoms with Crippen molar-refractivity contribution in [2.75, 3.05) is 0 Å². The molecule has 0 heterocycles. The quantitative estimate of drug-likeness (QED) is 0.344. The third-order valence-electron chi connectivity index (χ3n) is 5.55. The fourth-order valence-corrected chi connectivity index (χ4v) is 4.42. The van der Waals surface area contributed by atoms with E-state index in [2.05, 4.69) is 73.8 Å². The van der Waals surface area contributed by atoms with E-state index in [4.69, 9.17) is 0 Å². The van der Waals surface area contributed by atoms with Crippen molar-refractivity contribution in [3.63, 3.8) is 0 Å². The van der Waals surface area contributed by atoms with E-state index in [9.17, 15) is 0 Å². The van der Waals surface area contributed by atoms with Crippen LogP contribution in [0.15, 0.2) is 60.7 Å². The molecule has 0 fully saturated rings. The van der Waals surface area contributed by atoms with Crippen LogP contribution in [0.1, 0.15) is 0 Å². The Balaban J connectivity index is 2.00. The minimum Gasteiger partial charge on any atom is -0.0912 e. The first kappa shape index (κ1) is 12.3. The molecule has 24 heavy (non-hydrogen) atoms. The number of rotatable bonds is 0. The van der Waals surface area contributed by atoms with Crippen LogP contribution >= 0.6 is 0 Å². The highest BCUT2D eigenvalue weighted by Gasteiger charge is 2.24. The predicted octanol–water partition coefficient (Wildman–Crippen LogP) is 5.05. The summed E-state index contributed by atoms with van der Waals surface area (Å²) in [5.74, 6) is 0. The van der Waals surface area contributed by atoms with Gasteiger partial charge in [0.1, 0.15) is 0 Å². The highest BCUT2D eigenvalue weighted by atomic mass is 14.3. The summed E-state index contributed by atoms with van der Waals surface area (Å²) in [6.45, 7) is 8.30. The average Bonchev–Trinajstić information content (AvgIpc) is 2.90. The van der Waals surface area contributed by atoms with Crippen LogP contribution in [0.5, 0.6) is 0 Å². The van der Waals surface area contributed by atoms with Gasteiger partial charge < -0.3 is 0 Å². The van der Waals surface area contributed by atoms with Gasteiger partial charge in [0.15, 0.2) is 0 Å². The fourth-order valence-electron chi connectivity index (χ4n) is 4.42. The smallest absolute Gasteiger partial charge is 0.00137 e. The molecule has 0 radical (unpaired) electrons. The van der Waals surface area contributed by atoms with Crippen molar-refractivity contribution in [2.24, 2.45) is 0 Å². The Hall–Kier alpha value is -3.12. The third kappa shape index (κ3) is 1.27. The van der Waals surface area contributed by atoms with Gasteiger partial charge in [-0.25, -0.2) is 0 Å². The Bertz CT molecular complexity index is 1420. The molecule has 1 aliphatic rings. The lowest BCUT2D eigenvalue weighted by Gasteiger charge is -2.12. The first-order valence-corrected chi connectivity index (χ1v) is 8.25. The minimum absolute atomic E-state index is 1.01. The molecule has 0 nitrogen and oxygen atoms in total. The van der Waals surface area contributed by atoms with Crippen molar-refractivity contribution in [3.8, 4) is 22.3 Å². The summed E-state index contributed by atoms with van der Waals surface area (Å²) in [4.78, 5) is 0. The summed E-state index contributed by atoms with van der Waals surface area (Å²) >= 11 is 0. The maximum Gasteiger partial charge on any atom is -0.00137 e. The molecule has 0 saturated heterocycles. The van der Waals surface area contributed by atoms with Gasteiger partial charge in [-0.2, -0.15) is 0 Å². The molecular formula is C24H14. The van der Waals surface area contributed by atoms with E-state index in [1.54, 1.807) is 0 Å². The maximum atomic E-state index is 4.16. The maximum absolute atomic E-state index is 4.16. The average molecular weight is 302 g/mol. The highest BCUT2D eigenvalue weighted by molar-refractivity contribution is 6.31. The first-order chi connectivity index (χ1) is 11.7. The minimum atomic E-state index is 1.01. The second kappa shape index (κ2) is 3.85. The van der Waals surface area contributed by atoms with Crippen molar-refractivity contribution in [1.82, 2.24) is 0 Å². The molecule has 0 atom stereocenters. The Kier molecular flexibility index (Phi) is 1.98. The van der Waals surface area contributed by atoms with Crippen LogP contribution in [0, 0.1) is 0 Å². The summed E-state index contributed by atoms with van der Waals surface area (Å²) in [7, 11) is 0. The van der Waals surface area contributed by atoms with Gasteiger partial charge in [-0.05, 0) is 83.2 Å². The molecule has 6 rings (SSSR count). The van der Waals surface area contributed by atoms with Crippen molar-refractivity contribution >= 4 is 45.5 Å². The van der Waals surface area contributed by atoms with E-state index < -0.39 is 0 Å². The lowest BCUT2D eigenvalue weighted by atomic mass is 9.91. The molecular weight excluding hydrogens is 288 g/mol. The highest BCUT2D eigenvalue weighted by Crippen LogP contribution is 2.50. The molecule has 5 aromatic rings. The zero-order valence-corrected chi connectivity index (χ0v) is 13.2. The lowest BCUT2D eigenvalue weighted by Crippen LogP contribution is -2.21. The molecule has 110 valence electrons. The predicted molar refractivity (Wildman–Crippen MR) is 105 cm³/mol. The molecule has 1 aliphatic carbocycles. The molecule has 0 unspecified atom stereocenters. The van der Waals surface area contributed by atoms with E-state index in [1.165, 1.54) is 54.6 Å². The van der Waals surface area contributed by atoms with Crippen LogP contribution < -0.4 is 10.4 Å². The summed E-state index contributed by atoms with van der Waals surface area (Å²) in [5, 5.41) is 10.1. The molecule has 0 saturated carbocycles.